The van der Waals surface area contributed by atoms with Gasteiger partial charge in [-0.3, -0.25) is 0 Å². The third-order valence-corrected chi connectivity index (χ3v) is 6.89. The second-order valence-corrected chi connectivity index (χ2v) is 9.62. The topological polar surface area (TPSA) is 0 Å². The van der Waals surface area contributed by atoms with Gasteiger partial charge in [-0.15, -0.1) is 0 Å². The minimum atomic E-state index is -1.07. The van der Waals surface area contributed by atoms with Crippen molar-refractivity contribution in [2.75, 3.05) is 0 Å². The Kier molecular flexibility index (Phi) is 19.2. The first-order chi connectivity index (χ1) is 16.4. The molecule has 108 valence electrons. The van der Waals surface area contributed by atoms with Crippen LogP contribution in [-0.2, 0) is 0 Å². The van der Waals surface area contributed by atoms with Crippen LogP contribution < -0.4 is 0 Å². The van der Waals surface area contributed by atoms with Crippen LogP contribution in [0.5, 0.6) is 0 Å². The van der Waals surface area contributed by atoms with Gasteiger partial charge in [0.2, 0.25) is 0 Å². The van der Waals surface area contributed by atoms with Crippen molar-refractivity contribution >= 4 is 256 Å². The highest BCUT2D eigenvalue weighted by atomic mass is 13.3. The number of rotatable bonds is 17. The second kappa shape index (κ2) is 18.0. The van der Waals surface area contributed by atoms with Gasteiger partial charge in [-0.25, -0.2) is 0 Å². The lowest BCUT2D eigenvalue weighted by atomic mass is 8.34. The molecule has 0 aromatic rings. The zero-order valence-corrected chi connectivity index (χ0v) is 20.8. The van der Waals surface area contributed by atoms with Crippen LogP contribution in [0.3, 0.4) is 0 Å². The largest absolute Gasteiger partial charge is 0 e. The summed E-state index contributed by atoms with van der Waals surface area (Å²) in [5.74, 6) is 0. The molecule has 0 atom stereocenters. The summed E-state index contributed by atoms with van der Waals surface area (Å²) in [6.45, 7) is 0. The lowest BCUT2D eigenvalue weighted by molar-refractivity contribution is 3.28. The van der Waals surface area contributed by atoms with E-state index in [0.29, 0.717) is 0 Å². The molecule has 0 unspecified atom stereocenters. The van der Waals surface area contributed by atoms with Gasteiger partial charge in [-0.05, 0) is 0 Å². The summed E-state index contributed by atoms with van der Waals surface area (Å²) in [6, 6.07) is 0. The summed E-state index contributed by atoms with van der Waals surface area (Å²) in [5, 5.41) is 0. The van der Waals surface area contributed by atoms with Crippen molar-refractivity contribution in [3.8, 4) is 0 Å². The van der Waals surface area contributed by atoms with E-state index in [9.17, 15) is 0 Å². The summed E-state index contributed by atoms with van der Waals surface area (Å²) in [5.41, 5.74) is 0. The Labute approximate surface area is 254 Å². The van der Waals surface area contributed by atoms with Crippen LogP contribution in [0.1, 0.15) is 0 Å². The van der Waals surface area contributed by atoms with Crippen molar-refractivity contribution in [1.82, 2.24) is 0 Å². The molecule has 0 amide bonds. The fraction of sp³-hybridized carbons (Fsp3) is 0. The molecule has 0 aliphatic rings. The predicted octanol–water partition coefficient (Wildman–Crippen LogP) is -13.7. The quantitative estimate of drug-likeness (QED) is 0.217. The third-order valence-electron chi connectivity index (χ3n) is 6.89. The Hall–Kier alpha value is 2.34. The normalized spacial score (nSPS) is 9.44. The minimum Gasteiger partial charge on any atom is 0 e. The molecule has 0 aliphatic heterocycles. The van der Waals surface area contributed by atoms with E-state index in [4.69, 9.17) is 139 Å². The van der Waals surface area contributed by atoms with Crippen LogP contribution in [0.2, 0.25) is 0 Å². The highest BCUT2D eigenvalue weighted by Gasteiger charge is 2.49. The van der Waals surface area contributed by atoms with Crippen molar-refractivity contribution in [1.29, 1.82) is 0 Å². The highest BCUT2D eigenvalue weighted by molar-refractivity contribution is 8.25. The Morgan fingerprint density at radius 2 is 0.528 bits per heavy atom. The SMILES string of the molecule is [B][B]B([B])B(B([B]B(B(B([B])[B])B([B])[B])B(B([B])[B])B([B])[B])B(B([B])[B])B([B])[B])B(B([B])[B])B([B])[B]. The Balaban J connectivity index is 7.26. The molecular formula is B36. The van der Waals surface area contributed by atoms with E-state index in [-0.39, 0.29) is 0 Å². The standard InChI is InChI=1S/B36/c1-19-29(18)36(35(27(14)15)28(16)17)31(34(25(10)11)26(12)13)20-30(32(21(2)3)22(4)5)33(23(6)7)24(8)9. The molecule has 0 aromatic carbocycles. The molecule has 0 aromatic heterocycles. The molecule has 0 aliphatic carbocycles. The fourth-order valence-electron chi connectivity index (χ4n) is 5.26. The molecule has 0 saturated carbocycles. The monoisotopic (exact) mass is 396 g/mol. The van der Waals surface area contributed by atoms with E-state index in [0.717, 1.165) is 0 Å². The molecule has 38 radical (unpaired) electrons. The van der Waals surface area contributed by atoms with Crippen LogP contribution in [0.15, 0.2) is 0 Å². The van der Waals surface area contributed by atoms with Gasteiger partial charge in [-0.2, -0.15) is 0 Å². The molecule has 0 nitrogen and oxygen atoms in total. The van der Waals surface area contributed by atoms with E-state index in [1.807, 2.05) is 0 Å². The first-order valence-corrected chi connectivity index (χ1v) is 11.7. The molecule has 0 spiro atoms. The summed E-state index contributed by atoms with van der Waals surface area (Å²) in [4.78, 5) is 0. The van der Waals surface area contributed by atoms with E-state index >= 15 is 0 Å². The zero-order chi connectivity index (χ0) is 28.7. The second-order valence-electron chi connectivity index (χ2n) is 9.62. The van der Waals surface area contributed by atoms with Crippen LogP contribution >= 0.6 is 0 Å². The summed E-state index contributed by atoms with van der Waals surface area (Å²) in [6.07, 6.45) is -15.2. The van der Waals surface area contributed by atoms with Crippen molar-refractivity contribution in [3.05, 3.63) is 0 Å². The van der Waals surface area contributed by atoms with Gasteiger partial charge in [0.05, 0.1) is 0 Å². The molecule has 36 heavy (non-hydrogen) atoms. The first kappa shape index (κ1) is 38.3. The molecule has 36 heteroatoms. The molecule has 0 heterocycles. The predicted molar refractivity (Wildman–Crippen MR) is 207 cm³/mol. The molecule has 0 bridgehead atoms. The highest BCUT2D eigenvalue weighted by Crippen LogP contribution is 2.11. The molecular weight excluding hydrogens is 389 g/mol. The van der Waals surface area contributed by atoms with Crippen LogP contribution in [0.4, 0.5) is 0 Å². The van der Waals surface area contributed by atoms with Crippen molar-refractivity contribution in [3.63, 3.8) is 0 Å². The molecule has 0 saturated heterocycles. The Bertz CT molecular complexity index is 496. The van der Waals surface area contributed by atoms with Gasteiger partial charge in [0.15, 0.2) is 0 Å². The van der Waals surface area contributed by atoms with Crippen LogP contribution in [0, 0.1) is 0 Å². The lowest BCUT2D eigenvalue weighted by Crippen LogP contribution is -2.85. The maximum absolute atomic E-state index is 6.42. The Morgan fingerprint density at radius 1 is 0.306 bits per heavy atom. The number of hydrogen-bond acceptors (Lipinski definition) is 0. The van der Waals surface area contributed by atoms with Gasteiger partial charge in [0.1, 0.15) is 0 Å². The van der Waals surface area contributed by atoms with Crippen LogP contribution in [-0.4, -0.2) is 256 Å². The van der Waals surface area contributed by atoms with Gasteiger partial charge in [-0.1, -0.05) is 0 Å². The molecule has 0 fully saturated rings. The average molecular weight is 389 g/mol. The number of hydrogen-bond donors (Lipinski definition) is 0. The summed E-state index contributed by atoms with van der Waals surface area (Å²) < 4.78 is 0. The minimum absolute atomic E-state index is 0.806. The van der Waals surface area contributed by atoms with Gasteiger partial charge < -0.3 is 0 Å². The smallest absolute Gasteiger partial charge is 0 e. The van der Waals surface area contributed by atoms with Crippen molar-refractivity contribution in [2.45, 2.75) is 0 Å². The van der Waals surface area contributed by atoms with Crippen LogP contribution in [0.25, 0.3) is 0 Å². The molecule has 0 rings (SSSR count). The van der Waals surface area contributed by atoms with E-state index in [1.165, 1.54) is 7.06 Å². The van der Waals surface area contributed by atoms with Gasteiger partial charge in [0.25, 0.3) is 0 Å². The maximum Gasteiger partial charge on any atom is 0 e. The van der Waals surface area contributed by atoms with Crippen molar-refractivity contribution in [2.24, 2.45) is 0 Å². The van der Waals surface area contributed by atoms with Gasteiger partial charge in [0, 0.05) is 256 Å². The molecule has 0 N–H and O–H groups in total. The van der Waals surface area contributed by atoms with E-state index in [1.54, 1.807) is 7.06 Å². The van der Waals surface area contributed by atoms with Gasteiger partial charge >= 0.3 is 0 Å². The lowest BCUT2D eigenvalue weighted by Gasteiger charge is -2.47. The third kappa shape index (κ3) is 11.0. The summed E-state index contributed by atoms with van der Waals surface area (Å²) in [7, 11) is 113. The first-order valence-electron chi connectivity index (χ1n) is 11.7. The van der Waals surface area contributed by atoms with E-state index < -0.39 is 102 Å². The Morgan fingerprint density at radius 3 is 0.722 bits per heavy atom. The summed E-state index contributed by atoms with van der Waals surface area (Å²) >= 11 is 0. The van der Waals surface area contributed by atoms with Crippen molar-refractivity contribution < 1.29 is 0 Å². The van der Waals surface area contributed by atoms with E-state index in [2.05, 4.69) is 0 Å². The zero-order valence-electron chi connectivity index (χ0n) is 20.8. The average Bonchev–Trinajstić information content (AvgIpc) is 2.68. The fourth-order valence-corrected chi connectivity index (χ4v) is 5.26. The maximum atomic E-state index is 6.42.